The number of pyridine rings is 1. The first-order valence-electron chi connectivity index (χ1n) is 7.72. The maximum absolute atomic E-state index is 12.2. The van der Waals surface area contributed by atoms with Crippen LogP contribution in [0, 0.1) is 0 Å². The van der Waals surface area contributed by atoms with Crippen LogP contribution in [0.25, 0.3) is 10.8 Å². The van der Waals surface area contributed by atoms with Crippen molar-refractivity contribution in [2.75, 3.05) is 6.61 Å². The van der Waals surface area contributed by atoms with Crippen molar-refractivity contribution in [2.24, 2.45) is 0 Å². The van der Waals surface area contributed by atoms with Gasteiger partial charge in [-0.2, -0.15) is 0 Å². The minimum Gasteiger partial charge on any atom is -1.00 e. The Labute approximate surface area is 155 Å². The average Bonchev–Trinajstić information content (AvgIpc) is 2.87. The molecule has 0 bridgehead atoms. The van der Waals surface area contributed by atoms with Crippen molar-refractivity contribution in [1.82, 2.24) is 5.06 Å². The van der Waals surface area contributed by atoms with Gasteiger partial charge in [0.15, 0.2) is 18.9 Å². The molecular weight excluding hydrogens is 384 g/mol. The monoisotopic (exact) mass is 398 g/mol. The van der Waals surface area contributed by atoms with E-state index in [-0.39, 0.29) is 23.6 Å². The van der Waals surface area contributed by atoms with Crippen molar-refractivity contribution in [3.8, 4) is 0 Å². The molecule has 6 heteroatoms. The second-order valence-corrected chi connectivity index (χ2v) is 5.60. The summed E-state index contributed by atoms with van der Waals surface area (Å²) in [6.45, 7) is 0.771. The molecular formula is C19H15BrN2O3. The molecule has 5 nitrogen and oxygen atoms in total. The van der Waals surface area contributed by atoms with Crippen molar-refractivity contribution in [2.45, 2.75) is 6.54 Å². The summed E-state index contributed by atoms with van der Waals surface area (Å²) in [5.41, 5.74) is 0.779. The summed E-state index contributed by atoms with van der Waals surface area (Å²) in [4.78, 5) is 29.8. The largest absolute Gasteiger partial charge is 1.00 e. The molecule has 0 aliphatic carbocycles. The van der Waals surface area contributed by atoms with E-state index in [1.807, 2.05) is 41.2 Å². The van der Waals surface area contributed by atoms with E-state index in [1.165, 1.54) is 0 Å². The van der Waals surface area contributed by atoms with Crippen LogP contribution < -0.4 is 21.5 Å². The number of hydrogen-bond acceptors (Lipinski definition) is 3. The van der Waals surface area contributed by atoms with Gasteiger partial charge in [0.1, 0.15) is 6.61 Å². The number of rotatable bonds is 4. The second-order valence-electron chi connectivity index (χ2n) is 5.60. The van der Waals surface area contributed by atoms with E-state index in [0.717, 1.165) is 15.8 Å². The first-order valence-corrected chi connectivity index (χ1v) is 7.72. The fourth-order valence-corrected chi connectivity index (χ4v) is 2.84. The van der Waals surface area contributed by atoms with Crippen LogP contribution in [0.2, 0.25) is 0 Å². The molecule has 0 spiro atoms. The van der Waals surface area contributed by atoms with Gasteiger partial charge in [-0.25, -0.2) is 4.57 Å². The fourth-order valence-electron chi connectivity index (χ4n) is 2.84. The van der Waals surface area contributed by atoms with E-state index in [0.29, 0.717) is 17.7 Å². The van der Waals surface area contributed by atoms with Crippen molar-refractivity contribution < 1.29 is 36.0 Å². The lowest BCUT2D eigenvalue weighted by Gasteiger charge is -2.11. The third-order valence-electron chi connectivity index (χ3n) is 4.07. The maximum Gasteiger partial charge on any atom is 0.285 e. The van der Waals surface area contributed by atoms with Crippen LogP contribution in [0.5, 0.6) is 0 Å². The lowest BCUT2D eigenvalue weighted by Crippen LogP contribution is -3.00. The van der Waals surface area contributed by atoms with Crippen molar-refractivity contribution in [3.05, 3.63) is 78.1 Å². The predicted molar refractivity (Wildman–Crippen MR) is 87.0 cm³/mol. The molecule has 4 rings (SSSR count). The molecule has 1 aromatic heterocycles. The summed E-state index contributed by atoms with van der Waals surface area (Å²) >= 11 is 0. The molecule has 3 aromatic rings. The minimum atomic E-state index is -0.404. The van der Waals surface area contributed by atoms with Gasteiger partial charge in [-0.15, -0.1) is 5.06 Å². The summed E-state index contributed by atoms with van der Waals surface area (Å²) in [5.74, 6) is -0.807. The molecule has 0 saturated heterocycles. The molecule has 126 valence electrons. The quantitative estimate of drug-likeness (QED) is 0.433. The Morgan fingerprint density at radius 1 is 0.840 bits per heavy atom. The Hall–Kier alpha value is -2.57. The molecule has 0 saturated carbocycles. The lowest BCUT2D eigenvalue weighted by atomic mass is 10.1. The van der Waals surface area contributed by atoms with Gasteiger partial charge in [0.05, 0.1) is 11.1 Å². The van der Waals surface area contributed by atoms with Gasteiger partial charge >= 0.3 is 0 Å². The Morgan fingerprint density at radius 2 is 1.44 bits per heavy atom. The summed E-state index contributed by atoms with van der Waals surface area (Å²) in [6.07, 6.45) is 3.97. The van der Waals surface area contributed by atoms with E-state index in [4.69, 9.17) is 4.84 Å². The Balaban J connectivity index is 0.00000182. The number of nitrogens with zero attached hydrogens (tertiary/aromatic N) is 2. The number of hydrogen-bond donors (Lipinski definition) is 0. The Bertz CT molecular complexity index is 923. The summed E-state index contributed by atoms with van der Waals surface area (Å²) in [6, 6.07) is 16.8. The molecule has 0 fully saturated rings. The molecule has 0 atom stereocenters. The maximum atomic E-state index is 12.2. The number of benzene rings is 2. The number of carbonyl (C=O) groups excluding carboxylic acids is 2. The highest BCUT2D eigenvalue weighted by Crippen LogP contribution is 2.22. The number of imide groups is 1. The van der Waals surface area contributed by atoms with Crippen molar-refractivity contribution >= 4 is 22.6 Å². The molecule has 2 amide bonds. The molecule has 1 aliphatic heterocycles. The molecule has 0 N–H and O–H groups in total. The zero-order valence-corrected chi connectivity index (χ0v) is 14.8. The van der Waals surface area contributed by atoms with Gasteiger partial charge in [-0.3, -0.25) is 14.4 Å². The third-order valence-corrected chi connectivity index (χ3v) is 4.07. The topological polar surface area (TPSA) is 50.5 Å². The van der Waals surface area contributed by atoms with Gasteiger partial charge in [0, 0.05) is 11.5 Å². The van der Waals surface area contributed by atoms with Gasteiger partial charge in [-0.1, -0.05) is 30.3 Å². The van der Waals surface area contributed by atoms with Crippen molar-refractivity contribution in [3.63, 3.8) is 0 Å². The number of hydroxylamine groups is 2. The number of aromatic nitrogens is 1. The summed E-state index contributed by atoms with van der Waals surface area (Å²) in [7, 11) is 0. The highest BCUT2D eigenvalue weighted by molar-refractivity contribution is 6.20. The lowest BCUT2D eigenvalue weighted by molar-refractivity contribution is -0.698. The smallest absolute Gasteiger partial charge is 0.285 e. The molecule has 1 aliphatic rings. The zero-order valence-electron chi connectivity index (χ0n) is 13.3. The van der Waals surface area contributed by atoms with Gasteiger partial charge in [-0.05, 0) is 23.6 Å². The van der Waals surface area contributed by atoms with E-state index in [2.05, 4.69) is 6.07 Å². The number of halogens is 1. The highest BCUT2D eigenvalue weighted by atomic mass is 79.9. The Kier molecular flexibility index (Phi) is 4.92. The third kappa shape index (κ3) is 3.18. The predicted octanol–water partition coefficient (Wildman–Crippen LogP) is -0.641. The highest BCUT2D eigenvalue weighted by Gasteiger charge is 2.36. The Morgan fingerprint density at radius 3 is 2.12 bits per heavy atom. The van der Waals surface area contributed by atoms with E-state index >= 15 is 0 Å². The normalized spacial score (nSPS) is 13.0. The SMILES string of the molecule is O=C1c2ccccc2C(=O)N1OCC[n+]1ccc2ccccc2c1.[Br-]. The number of carbonyl (C=O) groups is 2. The first-order chi connectivity index (χ1) is 11.7. The van der Waals surface area contributed by atoms with Crippen LogP contribution in [-0.4, -0.2) is 23.5 Å². The van der Waals surface area contributed by atoms with Crippen LogP contribution in [0.1, 0.15) is 20.7 Å². The van der Waals surface area contributed by atoms with Gasteiger partial charge in [0.2, 0.25) is 0 Å². The molecule has 0 radical (unpaired) electrons. The number of fused-ring (bicyclic) bond motifs is 2. The molecule has 2 aromatic carbocycles. The molecule has 0 unspecified atom stereocenters. The average molecular weight is 399 g/mol. The van der Waals surface area contributed by atoms with Crippen LogP contribution in [0.4, 0.5) is 0 Å². The van der Waals surface area contributed by atoms with Gasteiger partial charge in [0.25, 0.3) is 11.8 Å². The zero-order chi connectivity index (χ0) is 16.5. The molecule has 25 heavy (non-hydrogen) atoms. The van der Waals surface area contributed by atoms with Crippen molar-refractivity contribution in [1.29, 1.82) is 0 Å². The van der Waals surface area contributed by atoms with Crippen LogP contribution >= 0.6 is 0 Å². The van der Waals surface area contributed by atoms with E-state index in [9.17, 15) is 9.59 Å². The summed E-state index contributed by atoms with van der Waals surface area (Å²) < 4.78 is 1.97. The first kappa shape index (κ1) is 17.3. The van der Waals surface area contributed by atoms with Crippen LogP contribution in [-0.2, 0) is 11.4 Å². The fraction of sp³-hybridized carbons (Fsp3) is 0.105. The second kappa shape index (κ2) is 7.13. The van der Waals surface area contributed by atoms with Crippen LogP contribution in [0.3, 0.4) is 0 Å². The van der Waals surface area contributed by atoms with E-state index in [1.54, 1.807) is 24.3 Å². The minimum absolute atomic E-state index is 0. The van der Waals surface area contributed by atoms with Gasteiger partial charge < -0.3 is 17.0 Å². The summed E-state index contributed by atoms with van der Waals surface area (Å²) in [5, 5.41) is 3.14. The van der Waals surface area contributed by atoms with E-state index < -0.39 is 11.8 Å². The van der Waals surface area contributed by atoms with Crippen LogP contribution in [0.15, 0.2) is 67.0 Å². The molecule has 2 heterocycles. The number of amides is 2. The standard InChI is InChI=1S/C19H15N2O3.BrH/c22-18-16-7-3-4-8-17(16)19(23)21(18)24-12-11-20-10-9-14-5-1-2-6-15(14)13-20;/h1-10,13H,11-12H2;1H/q+1;/p-1.